The summed E-state index contributed by atoms with van der Waals surface area (Å²) in [6, 6.07) is 7.97. The summed E-state index contributed by atoms with van der Waals surface area (Å²) in [6.45, 7) is 1.92. The van der Waals surface area contributed by atoms with Gasteiger partial charge in [-0.3, -0.25) is 9.59 Å². The lowest BCUT2D eigenvalue weighted by Gasteiger charge is -2.32. The number of hydrogen-bond acceptors (Lipinski definition) is 4. The molecule has 2 aliphatic rings. The number of methoxy groups -OCH3 is 1. The Kier molecular flexibility index (Phi) is 8.55. The quantitative estimate of drug-likeness (QED) is 0.707. The van der Waals surface area contributed by atoms with Gasteiger partial charge in [-0.1, -0.05) is 37.8 Å². The van der Waals surface area contributed by atoms with E-state index in [1.807, 2.05) is 24.3 Å². The Morgan fingerprint density at radius 2 is 1.93 bits per heavy atom. The molecule has 3 rings (SSSR count). The van der Waals surface area contributed by atoms with E-state index in [9.17, 15) is 9.59 Å². The van der Waals surface area contributed by atoms with Crippen LogP contribution in [-0.4, -0.2) is 60.9 Å². The molecular formula is C24H37N3O3. The van der Waals surface area contributed by atoms with Gasteiger partial charge in [0.05, 0.1) is 7.11 Å². The molecule has 2 amide bonds. The average molecular weight is 416 g/mol. The van der Waals surface area contributed by atoms with Crippen LogP contribution < -0.4 is 10.1 Å². The van der Waals surface area contributed by atoms with Crippen molar-refractivity contribution in [1.82, 2.24) is 15.1 Å². The molecule has 0 aromatic heterocycles. The Morgan fingerprint density at radius 1 is 1.17 bits per heavy atom. The van der Waals surface area contributed by atoms with E-state index in [1.54, 1.807) is 12.0 Å². The standard InChI is InChI=1S/C24H37N3O3/c1-26(20-10-4-3-5-11-20)16-15-25-24(29)22-13-6-7-14-23(28)27(22)18-19-9-8-12-21(17-19)30-2/h8-9,12,17,20,22H,3-7,10-11,13-16,18H2,1-2H3,(H,25,29). The Hall–Kier alpha value is -2.08. The van der Waals surface area contributed by atoms with Crippen molar-refractivity contribution in [2.75, 3.05) is 27.2 Å². The van der Waals surface area contributed by atoms with Gasteiger partial charge >= 0.3 is 0 Å². The number of nitrogens with one attached hydrogen (secondary N) is 1. The monoisotopic (exact) mass is 415 g/mol. The first-order chi connectivity index (χ1) is 14.6. The lowest BCUT2D eigenvalue weighted by molar-refractivity contribution is -0.140. The van der Waals surface area contributed by atoms with E-state index in [4.69, 9.17) is 4.74 Å². The Balaban J connectivity index is 1.58. The maximum Gasteiger partial charge on any atom is 0.242 e. The lowest BCUT2D eigenvalue weighted by atomic mass is 9.94. The second-order valence-corrected chi connectivity index (χ2v) is 8.70. The highest BCUT2D eigenvalue weighted by atomic mass is 16.5. The highest BCUT2D eigenvalue weighted by Crippen LogP contribution is 2.23. The van der Waals surface area contributed by atoms with E-state index in [1.165, 1.54) is 32.1 Å². The molecule has 1 aliphatic heterocycles. The number of nitrogens with zero attached hydrogens (tertiary/aromatic N) is 2. The summed E-state index contributed by atoms with van der Waals surface area (Å²) in [7, 11) is 3.79. The number of likely N-dealkylation sites (N-methyl/N-ethyl adjacent to an activating group) is 1. The van der Waals surface area contributed by atoms with E-state index >= 15 is 0 Å². The molecule has 0 bridgehead atoms. The number of hydrogen-bond donors (Lipinski definition) is 1. The van der Waals surface area contributed by atoms with E-state index in [0.717, 1.165) is 37.1 Å². The van der Waals surface area contributed by atoms with Crippen molar-refractivity contribution in [1.29, 1.82) is 0 Å². The summed E-state index contributed by atoms with van der Waals surface area (Å²) in [6.07, 6.45) is 9.47. The highest BCUT2D eigenvalue weighted by Gasteiger charge is 2.31. The first-order valence-electron chi connectivity index (χ1n) is 11.5. The van der Waals surface area contributed by atoms with E-state index in [2.05, 4.69) is 17.3 Å². The molecule has 1 aromatic rings. The summed E-state index contributed by atoms with van der Waals surface area (Å²) < 4.78 is 5.31. The van der Waals surface area contributed by atoms with Crippen molar-refractivity contribution >= 4 is 11.8 Å². The first-order valence-corrected chi connectivity index (χ1v) is 11.5. The summed E-state index contributed by atoms with van der Waals surface area (Å²) in [4.78, 5) is 30.0. The molecule has 1 heterocycles. The van der Waals surface area contributed by atoms with E-state index in [0.29, 0.717) is 25.6 Å². The van der Waals surface area contributed by atoms with Gasteiger partial charge in [0.1, 0.15) is 11.8 Å². The van der Waals surface area contributed by atoms with Gasteiger partial charge < -0.3 is 19.9 Å². The number of benzene rings is 1. The van der Waals surface area contributed by atoms with Gasteiger partial charge in [0.2, 0.25) is 11.8 Å². The van der Waals surface area contributed by atoms with Crippen LogP contribution in [0.15, 0.2) is 24.3 Å². The number of ether oxygens (including phenoxy) is 1. The van der Waals surface area contributed by atoms with Crippen molar-refractivity contribution in [2.45, 2.75) is 76.4 Å². The number of likely N-dealkylation sites (tertiary alicyclic amines) is 1. The predicted octanol–water partition coefficient (Wildman–Crippen LogP) is 3.35. The lowest BCUT2D eigenvalue weighted by Crippen LogP contribution is -2.49. The molecule has 1 aromatic carbocycles. The molecule has 1 N–H and O–H groups in total. The van der Waals surface area contributed by atoms with Gasteiger partial charge in [-0.15, -0.1) is 0 Å². The van der Waals surface area contributed by atoms with E-state index < -0.39 is 6.04 Å². The zero-order valence-electron chi connectivity index (χ0n) is 18.6. The van der Waals surface area contributed by atoms with Crippen LogP contribution in [-0.2, 0) is 16.1 Å². The zero-order valence-corrected chi connectivity index (χ0v) is 18.6. The Morgan fingerprint density at radius 3 is 2.70 bits per heavy atom. The normalized spacial score (nSPS) is 20.8. The van der Waals surface area contributed by atoms with Gasteiger partial charge in [-0.05, 0) is 50.4 Å². The molecule has 1 atom stereocenters. The van der Waals surface area contributed by atoms with Crippen LogP contribution in [0.4, 0.5) is 0 Å². The minimum atomic E-state index is -0.397. The fraction of sp³-hybridized carbons (Fsp3) is 0.667. The van der Waals surface area contributed by atoms with Crippen LogP contribution in [0.2, 0.25) is 0 Å². The number of carbonyl (C=O) groups is 2. The van der Waals surface area contributed by atoms with Crippen molar-refractivity contribution < 1.29 is 14.3 Å². The SMILES string of the molecule is COc1cccc(CN2C(=O)CCCCC2C(=O)NCCN(C)C2CCCCC2)c1. The Labute approximate surface area is 180 Å². The molecular weight excluding hydrogens is 378 g/mol. The van der Waals surface area contributed by atoms with Crippen LogP contribution in [0.3, 0.4) is 0 Å². The molecule has 166 valence electrons. The fourth-order valence-corrected chi connectivity index (χ4v) is 4.70. The number of rotatable bonds is 8. The topological polar surface area (TPSA) is 61.9 Å². The number of carbonyl (C=O) groups excluding carboxylic acids is 2. The summed E-state index contributed by atoms with van der Waals surface area (Å²) >= 11 is 0. The third kappa shape index (κ3) is 6.21. The molecule has 0 radical (unpaired) electrons. The first kappa shape index (κ1) is 22.6. The fourth-order valence-electron chi connectivity index (χ4n) is 4.70. The van der Waals surface area contributed by atoms with E-state index in [-0.39, 0.29) is 11.8 Å². The van der Waals surface area contributed by atoms with Crippen LogP contribution in [0.25, 0.3) is 0 Å². The smallest absolute Gasteiger partial charge is 0.242 e. The summed E-state index contributed by atoms with van der Waals surface area (Å²) in [5.74, 6) is 0.807. The van der Waals surface area contributed by atoms with Crippen molar-refractivity contribution in [3.63, 3.8) is 0 Å². The minimum absolute atomic E-state index is 0.0230. The largest absolute Gasteiger partial charge is 0.497 e. The Bertz CT molecular complexity index is 703. The van der Waals surface area contributed by atoms with Crippen LogP contribution in [0, 0.1) is 0 Å². The van der Waals surface area contributed by atoms with Crippen molar-refractivity contribution in [3.05, 3.63) is 29.8 Å². The second kappa shape index (κ2) is 11.3. The van der Waals surface area contributed by atoms with Gasteiger partial charge in [-0.2, -0.15) is 0 Å². The molecule has 6 nitrogen and oxygen atoms in total. The predicted molar refractivity (Wildman–Crippen MR) is 118 cm³/mol. The summed E-state index contributed by atoms with van der Waals surface area (Å²) in [5, 5.41) is 3.11. The molecule has 1 unspecified atom stereocenters. The van der Waals surface area contributed by atoms with Crippen molar-refractivity contribution in [2.24, 2.45) is 0 Å². The molecule has 2 fully saturated rings. The third-order valence-electron chi connectivity index (χ3n) is 6.57. The molecule has 6 heteroatoms. The second-order valence-electron chi connectivity index (χ2n) is 8.70. The van der Waals surface area contributed by atoms with Crippen LogP contribution in [0.5, 0.6) is 5.75 Å². The van der Waals surface area contributed by atoms with Crippen LogP contribution in [0.1, 0.15) is 63.4 Å². The third-order valence-corrected chi connectivity index (χ3v) is 6.57. The molecule has 1 aliphatic carbocycles. The van der Waals surface area contributed by atoms with Gasteiger partial charge in [0, 0.05) is 32.1 Å². The maximum absolute atomic E-state index is 13.0. The highest BCUT2D eigenvalue weighted by molar-refractivity contribution is 5.88. The van der Waals surface area contributed by atoms with Crippen molar-refractivity contribution in [3.8, 4) is 5.75 Å². The maximum atomic E-state index is 13.0. The molecule has 1 saturated heterocycles. The number of amides is 2. The molecule has 30 heavy (non-hydrogen) atoms. The minimum Gasteiger partial charge on any atom is -0.497 e. The summed E-state index contributed by atoms with van der Waals surface area (Å²) in [5.41, 5.74) is 0.986. The molecule has 0 spiro atoms. The molecule has 1 saturated carbocycles. The zero-order chi connectivity index (χ0) is 21.3. The van der Waals surface area contributed by atoms with Crippen LogP contribution >= 0.6 is 0 Å². The van der Waals surface area contributed by atoms with Gasteiger partial charge in [0.15, 0.2) is 0 Å². The average Bonchev–Trinajstić information content (AvgIpc) is 2.96. The van der Waals surface area contributed by atoms with Gasteiger partial charge in [0.25, 0.3) is 0 Å². The van der Waals surface area contributed by atoms with Gasteiger partial charge in [-0.25, -0.2) is 0 Å².